The molecule has 10 heteroatoms. The molecule has 1 N–H and O–H groups in total. The van der Waals surface area contributed by atoms with Crippen LogP contribution >= 0.6 is 6.89 Å². The summed E-state index contributed by atoms with van der Waals surface area (Å²) in [5.41, 5.74) is 0.829. The van der Waals surface area contributed by atoms with Gasteiger partial charge in [-0.25, -0.2) is 9.59 Å². The fourth-order valence-electron chi connectivity index (χ4n) is 6.66. The highest BCUT2D eigenvalue weighted by Gasteiger charge is 2.56. The van der Waals surface area contributed by atoms with Crippen LogP contribution in [-0.4, -0.2) is 72.9 Å². The lowest BCUT2D eigenvalue weighted by Crippen LogP contribution is -2.75. The Balaban J connectivity index is 1.57. The summed E-state index contributed by atoms with van der Waals surface area (Å²) in [6.07, 6.45) is 3.56. The molecule has 9 nitrogen and oxygen atoms in total. The number of methoxy groups -OCH3 is 2. The summed E-state index contributed by atoms with van der Waals surface area (Å²) < 4.78 is 16.6. The average Bonchev–Trinajstić information content (AvgIpc) is 3.22. The van der Waals surface area contributed by atoms with Gasteiger partial charge in [-0.2, -0.15) is 0 Å². The summed E-state index contributed by atoms with van der Waals surface area (Å²) in [7, 11) is 2.48. The first-order valence-corrected chi connectivity index (χ1v) is 18.8. The Bertz CT molecular complexity index is 2020. The van der Waals surface area contributed by atoms with E-state index in [0.717, 1.165) is 21.5 Å². The number of likely N-dealkylation sites (tertiary alicyclic amines) is 1. The van der Waals surface area contributed by atoms with Crippen molar-refractivity contribution in [1.29, 1.82) is 0 Å². The fourth-order valence-corrected chi connectivity index (χ4v) is 11.2. The van der Waals surface area contributed by atoms with Gasteiger partial charge in [0.15, 0.2) is 12.6 Å². The van der Waals surface area contributed by atoms with Crippen molar-refractivity contribution in [2.45, 2.75) is 18.1 Å². The number of ether oxygens (including phenoxy) is 3. The molecule has 6 rings (SSSR count). The Morgan fingerprint density at radius 1 is 0.698 bits per heavy atom. The molecule has 1 aliphatic heterocycles. The van der Waals surface area contributed by atoms with Gasteiger partial charge in [-0.3, -0.25) is 9.59 Å². The maximum atomic E-state index is 14.6. The summed E-state index contributed by atoms with van der Waals surface area (Å²) in [5, 5.41) is 5.15. The van der Waals surface area contributed by atoms with E-state index in [2.05, 4.69) is 5.32 Å². The van der Waals surface area contributed by atoms with Crippen molar-refractivity contribution in [3.8, 4) is 5.75 Å². The molecule has 0 aliphatic carbocycles. The van der Waals surface area contributed by atoms with Gasteiger partial charge in [-0.1, -0.05) is 152 Å². The molecular formula is C43H39N2O7P. The average molecular weight is 727 g/mol. The topological polar surface area (TPSA) is 111 Å². The van der Waals surface area contributed by atoms with Crippen LogP contribution in [0.2, 0.25) is 0 Å². The summed E-state index contributed by atoms with van der Waals surface area (Å²) in [4.78, 5) is 58.0. The van der Waals surface area contributed by atoms with Gasteiger partial charge in [-0.05, 0) is 40.5 Å². The third-order valence-electron chi connectivity index (χ3n) is 9.05. The van der Waals surface area contributed by atoms with Crippen molar-refractivity contribution in [2.24, 2.45) is 0 Å². The van der Waals surface area contributed by atoms with E-state index in [1.165, 1.54) is 19.1 Å². The minimum atomic E-state index is -3.30. The first kappa shape index (κ1) is 36.6. The van der Waals surface area contributed by atoms with Crippen molar-refractivity contribution in [2.75, 3.05) is 20.8 Å². The zero-order valence-corrected chi connectivity index (χ0v) is 30.2. The predicted octanol–water partition coefficient (Wildman–Crippen LogP) is 4.36. The maximum Gasteiger partial charge on any atom is 0.337 e. The number of hydrogen-bond donors (Lipinski definition) is 1. The van der Waals surface area contributed by atoms with Crippen LogP contribution < -0.4 is 26.0 Å². The minimum absolute atomic E-state index is 0.0547. The summed E-state index contributed by atoms with van der Waals surface area (Å²) in [6.45, 7) is -3.64. The van der Waals surface area contributed by atoms with E-state index < -0.39 is 48.8 Å². The smallest absolute Gasteiger partial charge is 0.337 e. The Kier molecular flexibility index (Phi) is 11.7. The lowest BCUT2D eigenvalue weighted by molar-refractivity contribution is -0.162. The quantitative estimate of drug-likeness (QED) is 0.109. The van der Waals surface area contributed by atoms with Crippen molar-refractivity contribution in [3.05, 3.63) is 163 Å². The van der Waals surface area contributed by atoms with Gasteiger partial charge >= 0.3 is 11.9 Å². The monoisotopic (exact) mass is 726 g/mol. The standard InChI is InChI=1S/C43H39N2O7P/c1-50-42(48)39(40(43(49)51-2)53(33-22-12-5-13-23-33,34-24-14-6-15-25-34)35-26-16-7-17-27-35)45-36(29-28-31-18-8-3-9-19-31)38(41(45)47)44-37(46)30-52-32-20-10-4-11-21-32/h3-29,36,38-39H,30H2,1-2H3,(H,44,46). The van der Waals surface area contributed by atoms with Crippen molar-refractivity contribution >= 4 is 57.9 Å². The lowest BCUT2D eigenvalue weighted by Gasteiger charge is -2.50. The molecule has 1 saturated heterocycles. The van der Waals surface area contributed by atoms with Crippen molar-refractivity contribution in [1.82, 2.24) is 10.2 Å². The summed E-state index contributed by atoms with van der Waals surface area (Å²) in [5.74, 6) is -2.22. The number of nitrogens with one attached hydrogen (secondary N) is 1. The van der Waals surface area contributed by atoms with E-state index in [-0.39, 0.29) is 11.9 Å². The molecule has 268 valence electrons. The summed E-state index contributed by atoms with van der Waals surface area (Å²) >= 11 is 0. The molecule has 0 radical (unpaired) electrons. The van der Waals surface area contributed by atoms with E-state index in [4.69, 9.17) is 14.2 Å². The predicted molar refractivity (Wildman–Crippen MR) is 208 cm³/mol. The third kappa shape index (κ3) is 7.57. The molecule has 1 aliphatic rings. The molecule has 1 heterocycles. The van der Waals surface area contributed by atoms with E-state index >= 15 is 0 Å². The zero-order chi connectivity index (χ0) is 37.2. The van der Waals surface area contributed by atoms with Crippen LogP contribution in [0.1, 0.15) is 5.56 Å². The molecule has 5 aromatic rings. The molecule has 53 heavy (non-hydrogen) atoms. The fraction of sp³-hybridized carbons (Fsp3) is 0.140. The van der Waals surface area contributed by atoms with Crippen LogP contribution in [0.5, 0.6) is 5.75 Å². The normalized spacial score (nSPS) is 15.9. The number of hydrogen-bond acceptors (Lipinski definition) is 7. The second-order valence-electron chi connectivity index (χ2n) is 12.1. The number of esters is 2. The Labute approximate surface area is 308 Å². The number of amides is 2. The molecule has 0 spiro atoms. The highest BCUT2D eigenvalue weighted by molar-refractivity contribution is 7.96. The lowest BCUT2D eigenvalue weighted by atomic mass is 9.90. The second-order valence-corrected chi connectivity index (χ2v) is 15.5. The number of benzene rings is 5. The van der Waals surface area contributed by atoms with Crippen molar-refractivity contribution < 1.29 is 33.4 Å². The number of carbonyl (C=O) groups excluding carboxylic acids is 4. The van der Waals surface area contributed by atoms with Gasteiger partial charge in [0.05, 0.1) is 25.6 Å². The number of nitrogens with zero attached hydrogens (tertiary/aromatic N) is 1. The molecule has 0 bridgehead atoms. The van der Waals surface area contributed by atoms with E-state index in [1.807, 2.05) is 133 Å². The highest BCUT2D eigenvalue weighted by atomic mass is 31.2. The third-order valence-corrected chi connectivity index (χ3v) is 13.4. The van der Waals surface area contributed by atoms with Gasteiger partial charge in [-0.15, -0.1) is 0 Å². The van der Waals surface area contributed by atoms with Crippen molar-refractivity contribution in [3.63, 3.8) is 0 Å². The van der Waals surface area contributed by atoms with E-state index in [0.29, 0.717) is 5.75 Å². The molecular weight excluding hydrogens is 687 g/mol. The van der Waals surface area contributed by atoms with E-state index in [1.54, 1.807) is 30.3 Å². The highest BCUT2D eigenvalue weighted by Crippen LogP contribution is 2.48. The molecule has 3 atom stereocenters. The van der Waals surface area contributed by atoms with Crippen LogP contribution in [0.4, 0.5) is 0 Å². The van der Waals surface area contributed by atoms with Crippen LogP contribution in [0, 0.1) is 0 Å². The number of para-hydroxylation sites is 1. The maximum absolute atomic E-state index is 14.6. The molecule has 5 aromatic carbocycles. The molecule has 3 unspecified atom stereocenters. The van der Waals surface area contributed by atoms with Crippen LogP contribution in [0.3, 0.4) is 0 Å². The first-order valence-electron chi connectivity index (χ1n) is 17.0. The van der Waals surface area contributed by atoms with E-state index in [9.17, 15) is 19.2 Å². The molecule has 0 aromatic heterocycles. The van der Waals surface area contributed by atoms with Gasteiger partial charge < -0.3 is 24.4 Å². The molecule has 1 fully saturated rings. The number of carbonyl (C=O) groups is 4. The Morgan fingerprint density at radius 3 is 1.64 bits per heavy atom. The molecule has 2 amide bonds. The zero-order valence-electron chi connectivity index (χ0n) is 29.3. The van der Waals surface area contributed by atoms with Gasteiger partial charge in [0.1, 0.15) is 11.8 Å². The van der Waals surface area contributed by atoms with Gasteiger partial charge in [0, 0.05) is 0 Å². The summed E-state index contributed by atoms with van der Waals surface area (Å²) in [6, 6.07) is 43.2. The SMILES string of the molecule is COC(=O)C(C(C(=O)OC)N1C(=O)C(NC(=O)COc2ccccc2)C1C=Cc1ccccc1)=P(c1ccccc1)(c1ccccc1)c1ccccc1. The Morgan fingerprint density at radius 2 is 1.17 bits per heavy atom. The first-order chi connectivity index (χ1) is 25.9. The largest absolute Gasteiger partial charge is 0.484 e. The minimum Gasteiger partial charge on any atom is -0.484 e. The van der Waals surface area contributed by atoms with Crippen LogP contribution in [0.25, 0.3) is 6.08 Å². The number of β-lactam (4-membered cyclic amide) rings is 1. The van der Waals surface area contributed by atoms with Gasteiger partial charge in [0.25, 0.3) is 5.91 Å². The van der Waals surface area contributed by atoms with Crippen LogP contribution in [0.15, 0.2) is 158 Å². The van der Waals surface area contributed by atoms with Crippen LogP contribution in [-0.2, 0) is 28.7 Å². The van der Waals surface area contributed by atoms with Gasteiger partial charge in [0.2, 0.25) is 5.91 Å². The Hall–Kier alpha value is -6.18. The molecule has 0 saturated carbocycles. The second kappa shape index (κ2) is 16.9. The number of rotatable bonds is 13.